The highest BCUT2D eigenvalue weighted by molar-refractivity contribution is 5.79. The van der Waals surface area contributed by atoms with Crippen LogP contribution in [0.25, 0.3) is 0 Å². The Bertz CT molecular complexity index is 644. The minimum atomic E-state index is 0.0709. The number of aromatic nitrogens is 1. The number of hydrogen-bond acceptors (Lipinski definition) is 3. The number of pyridine rings is 1. The molecule has 4 heteroatoms. The molecule has 0 aliphatic carbocycles. The van der Waals surface area contributed by atoms with Crippen molar-refractivity contribution in [1.29, 1.82) is 0 Å². The second-order valence-electron chi connectivity index (χ2n) is 6.47. The zero-order valence-electron chi connectivity index (χ0n) is 14.3. The minimum Gasteiger partial charge on any atom is -0.356 e. The summed E-state index contributed by atoms with van der Waals surface area (Å²) in [6.45, 7) is 2.52. The first-order chi connectivity index (χ1) is 11.7. The Morgan fingerprint density at radius 2 is 2.00 bits per heavy atom. The van der Waals surface area contributed by atoms with Gasteiger partial charge in [0.05, 0.1) is 5.92 Å². The van der Waals surface area contributed by atoms with Gasteiger partial charge in [0.15, 0.2) is 0 Å². The average molecular weight is 323 g/mol. The standard InChI is InChI=1S/C20H25N3O/c1-22(15-12-17-8-3-2-4-9-17)20(24)18-10-7-14-23(16-18)19-11-5-6-13-21-19/h2-6,8-9,11,13,18H,7,10,12,14-16H2,1H3/t18-/m0/s1. The van der Waals surface area contributed by atoms with Gasteiger partial charge in [-0.3, -0.25) is 4.79 Å². The van der Waals surface area contributed by atoms with Gasteiger partial charge in [-0.15, -0.1) is 0 Å². The molecular weight excluding hydrogens is 298 g/mol. The third-order valence-electron chi connectivity index (χ3n) is 4.70. The van der Waals surface area contributed by atoms with Gasteiger partial charge in [-0.2, -0.15) is 0 Å². The van der Waals surface area contributed by atoms with Crippen LogP contribution < -0.4 is 4.90 Å². The van der Waals surface area contributed by atoms with Gasteiger partial charge in [0, 0.05) is 32.9 Å². The smallest absolute Gasteiger partial charge is 0.227 e. The quantitative estimate of drug-likeness (QED) is 0.849. The van der Waals surface area contributed by atoms with Crippen LogP contribution in [-0.2, 0) is 11.2 Å². The molecule has 0 saturated carbocycles. The van der Waals surface area contributed by atoms with Crippen LogP contribution in [-0.4, -0.2) is 42.5 Å². The third kappa shape index (κ3) is 4.13. The van der Waals surface area contributed by atoms with E-state index in [4.69, 9.17) is 0 Å². The van der Waals surface area contributed by atoms with Crippen molar-refractivity contribution >= 4 is 11.7 Å². The summed E-state index contributed by atoms with van der Waals surface area (Å²) >= 11 is 0. The fourth-order valence-electron chi connectivity index (χ4n) is 3.29. The molecule has 0 radical (unpaired) electrons. The number of piperidine rings is 1. The fraction of sp³-hybridized carbons (Fsp3) is 0.400. The van der Waals surface area contributed by atoms with E-state index < -0.39 is 0 Å². The van der Waals surface area contributed by atoms with Gasteiger partial charge >= 0.3 is 0 Å². The van der Waals surface area contributed by atoms with Gasteiger partial charge in [-0.05, 0) is 37.0 Å². The largest absolute Gasteiger partial charge is 0.356 e. The molecule has 24 heavy (non-hydrogen) atoms. The summed E-state index contributed by atoms with van der Waals surface area (Å²) in [5.41, 5.74) is 1.27. The average Bonchev–Trinajstić information content (AvgIpc) is 2.67. The molecule has 0 unspecified atom stereocenters. The van der Waals surface area contributed by atoms with E-state index in [-0.39, 0.29) is 11.8 Å². The van der Waals surface area contributed by atoms with E-state index in [0.717, 1.165) is 44.7 Å². The van der Waals surface area contributed by atoms with E-state index in [2.05, 4.69) is 22.0 Å². The van der Waals surface area contributed by atoms with Gasteiger partial charge in [0.2, 0.25) is 5.91 Å². The van der Waals surface area contributed by atoms with Crippen LogP contribution in [0, 0.1) is 5.92 Å². The fourth-order valence-corrected chi connectivity index (χ4v) is 3.29. The van der Waals surface area contributed by atoms with Crippen molar-refractivity contribution in [2.24, 2.45) is 5.92 Å². The number of carbonyl (C=O) groups excluding carboxylic acids is 1. The zero-order valence-corrected chi connectivity index (χ0v) is 14.3. The molecule has 1 fully saturated rings. The lowest BCUT2D eigenvalue weighted by Crippen LogP contribution is -2.44. The Hall–Kier alpha value is -2.36. The molecule has 3 rings (SSSR count). The Balaban J connectivity index is 1.55. The number of hydrogen-bond donors (Lipinski definition) is 0. The molecule has 1 saturated heterocycles. The van der Waals surface area contributed by atoms with Gasteiger partial charge in [-0.1, -0.05) is 36.4 Å². The summed E-state index contributed by atoms with van der Waals surface area (Å²) in [6.07, 6.45) is 4.73. The number of benzene rings is 1. The van der Waals surface area contributed by atoms with Gasteiger partial charge < -0.3 is 9.80 Å². The second kappa shape index (κ2) is 7.95. The molecule has 1 aliphatic rings. The summed E-state index contributed by atoms with van der Waals surface area (Å²) < 4.78 is 0. The topological polar surface area (TPSA) is 36.4 Å². The monoisotopic (exact) mass is 323 g/mol. The van der Waals surface area contributed by atoms with E-state index in [1.165, 1.54) is 5.56 Å². The van der Waals surface area contributed by atoms with Gasteiger partial charge in [0.1, 0.15) is 5.82 Å². The van der Waals surface area contributed by atoms with Crippen molar-refractivity contribution in [3.63, 3.8) is 0 Å². The first-order valence-electron chi connectivity index (χ1n) is 8.69. The Kier molecular flexibility index (Phi) is 5.47. The Labute approximate surface area is 144 Å². The van der Waals surface area contributed by atoms with E-state index in [1.807, 2.05) is 54.5 Å². The predicted octanol–water partition coefficient (Wildman–Crippen LogP) is 3.00. The van der Waals surface area contributed by atoms with E-state index >= 15 is 0 Å². The summed E-state index contributed by atoms with van der Waals surface area (Å²) in [5, 5.41) is 0. The molecule has 1 aromatic carbocycles. The summed E-state index contributed by atoms with van der Waals surface area (Å²) in [7, 11) is 1.92. The number of rotatable bonds is 5. The van der Waals surface area contributed by atoms with Crippen LogP contribution in [0.5, 0.6) is 0 Å². The van der Waals surface area contributed by atoms with Crippen molar-refractivity contribution in [2.75, 3.05) is 31.6 Å². The predicted molar refractivity (Wildman–Crippen MR) is 97.0 cm³/mol. The molecule has 0 bridgehead atoms. The normalized spacial score (nSPS) is 17.5. The highest BCUT2D eigenvalue weighted by Crippen LogP contribution is 2.22. The number of anilines is 1. The summed E-state index contributed by atoms with van der Waals surface area (Å²) in [5.74, 6) is 1.30. The molecule has 1 aromatic heterocycles. The molecule has 1 atom stereocenters. The van der Waals surface area contributed by atoms with Crippen molar-refractivity contribution in [3.05, 3.63) is 60.3 Å². The van der Waals surface area contributed by atoms with Crippen molar-refractivity contribution in [3.8, 4) is 0 Å². The van der Waals surface area contributed by atoms with Crippen molar-refractivity contribution in [1.82, 2.24) is 9.88 Å². The minimum absolute atomic E-state index is 0.0709. The molecule has 2 aromatic rings. The zero-order chi connectivity index (χ0) is 16.8. The number of likely N-dealkylation sites (N-methyl/N-ethyl adjacent to an activating group) is 1. The van der Waals surface area contributed by atoms with Crippen molar-refractivity contribution in [2.45, 2.75) is 19.3 Å². The molecule has 126 valence electrons. The molecular formula is C20H25N3O. The second-order valence-corrected chi connectivity index (χ2v) is 6.47. The number of amides is 1. The van der Waals surface area contributed by atoms with Crippen molar-refractivity contribution < 1.29 is 4.79 Å². The molecule has 2 heterocycles. The first kappa shape index (κ1) is 16.5. The number of nitrogens with zero attached hydrogens (tertiary/aromatic N) is 3. The van der Waals surface area contributed by atoms with Crippen LogP contribution in [0.3, 0.4) is 0 Å². The van der Waals surface area contributed by atoms with E-state index in [9.17, 15) is 4.79 Å². The van der Waals surface area contributed by atoms with Crippen LogP contribution >= 0.6 is 0 Å². The summed E-state index contributed by atoms with van der Waals surface area (Å²) in [4.78, 5) is 21.3. The van der Waals surface area contributed by atoms with E-state index in [1.54, 1.807) is 0 Å². The van der Waals surface area contributed by atoms with Crippen LogP contribution in [0.2, 0.25) is 0 Å². The molecule has 1 amide bonds. The van der Waals surface area contributed by atoms with Crippen LogP contribution in [0.15, 0.2) is 54.7 Å². The Morgan fingerprint density at radius 1 is 1.21 bits per heavy atom. The molecule has 4 nitrogen and oxygen atoms in total. The maximum atomic E-state index is 12.8. The highest BCUT2D eigenvalue weighted by Gasteiger charge is 2.28. The van der Waals surface area contributed by atoms with Gasteiger partial charge in [-0.25, -0.2) is 4.98 Å². The van der Waals surface area contributed by atoms with E-state index in [0.29, 0.717) is 0 Å². The first-order valence-corrected chi connectivity index (χ1v) is 8.69. The lowest BCUT2D eigenvalue weighted by molar-refractivity contribution is -0.134. The third-order valence-corrected chi connectivity index (χ3v) is 4.70. The van der Waals surface area contributed by atoms with Crippen LogP contribution in [0.4, 0.5) is 5.82 Å². The lowest BCUT2D eigenvalue weighted by Gasteiger charge is -2.34. The van der Waals surface area contributed by atoms with Crippen LogP contribution in [0.1, 0.15) is 18.4 Å². The SMILES string of the molecule is CN(CCc1ccccc1)C(=O)[C@H]1CCCN(c2ccccn2)C1. The molecule has 0 spiro atoms. The number of carbonyl (C=O) groups is 1. The maximum absolute atomic E-state index is 12.8. The molecule has 1 aliphatic heterocycles. The molecule has 0 N–H and O–H groups in total. The lowest BCUT2D eigenvalue weighted by atomic mass is 9.96. The maximum Gasteiger partial charge on any atom is 0.227 e. The highest BCUT2D eigenvalue weighted by atomic mass is 16.2. The van der Waals surface area contributed by atoms with Gasteiger partial charge in [0.25, 0.3) is 0 Å². The summed E-state index contributed by atoms with van der Waals surface area (Å²) in [6, 6.07) is 16.3. The Morgan fingerprint density at radius 3 is 2.75 bits per heavy atom.